The highest BCUT2D eigenvalue weighted by molar-refractivity contribution is 5.99. The number of nitrogens with zero attached hydrogens (tertiary/aromatic N) is 2. The fourth-order valence-electron chi connectivity index (χ4n) is 5.81. The normalized spacial score (nSPS) is 29.1. The van der Waals surface area contributed by atoms with Crippen LogP contribution in [0, 0.1) is 24.6 Å². The molecule has 1 aromatic carbocycles. The van der Waals surface area contributed by atoms with Gasteiger partial charge < -0.3 is 24.6 Å². The molecule has 2 N–H and O–H groups in total. The first kappa shape index (κ1) is 20.4. The van der Waals surface area contributed by atoms with Crippen molar-refractivity contribution in [2.45, 2.75) is 57.6 Å². The van der Waals surface area contributed by atoms with Crippen LogP contribution in [-0.4, -0.2) is 44.8 Å². The Morgan fingerprint density at radius 3 is 2.88 bits per heavy atom. The van der Waals surface area contributed by atoms with Gasteiger partial charge in [-0.05, 0) is 49.7 Å². The van der Waals surface area contributed by atoms with E-state index in [9.17, 15) is 23.9 Å². The molecule has 3 aliphatic heterocycles. The van der Waals surface area contributed by atoms with Gasteiger partial charge in [0.15, 0.2) is 17.7 Å². The van der Waals surface area contributed by atoms with E-state index in [1.54, 1.807) is 24.0 Å². The Kier molecular flexibility index (Phi) is 4.42. The van der Waals surface area contributed by atoms with Crippen LogP contribution in [0.3, 0.4) is 0 Å². The summed E-state index contributed by atoms with van der Waals surface area (Å²) in [6.07, 6.45) is 3.73. The number of pyridine rings is 1. The molecule has 2 aromatic rings. The summed E-state index contributed by atoms with van der Waals surface area (Å²) in [5, 5.41) is 13.2. The number of rotatable bonds is 3. The highest BCUT2D eigenvalue weighted by atomic mass is 19.1. The van der Waals surface area contributed by atoms with E-state index in [0.29, 0.717) is 11.8 Å². The first-order valence-electron chi connectivity index (χ1n) is 11.3. The van der Waals surface area contributed by atoms with Crippen molar-refractivity contribution in [2.75, 3.05) is 0 Å². The van der Waals surface area contributed by atoms with Crippen LogP contribution in [0.25, 0.3) is 0 Å². The van der Waals surface area contributed by atoms with Crippen LogP contribution in [0.2, 0.25) is 0 Å². The number of amides is 2. The highest BCUT2D eigenvalue weighted by Crippen LogP contribution is 2.56. The third-order valence-electron chi connectivity index (χ3n) is 7.55. The Balaban J connectivity index is 1.30. The first-order chi connectivity index (χ1) is 15.8. The van der Waals surface area contributed by atoms with Crippen molar-refractivity contribution in [2.24, 2.45) is 11.8 Å². The molecular formula is C24H24FN3O5. The Labute approximate surface area is 189 Å². The number of hydrogen-bond acceptors (Lipinski definition) is 5. The summed E-state index contributed by atoms with van der Waals surface area (Å²) in [7, 11) is 0. The second kappa shape index (κ2) is 7.15. The summed E-state index contributed by atoms with van der Waals surface area (Å²) in [6, 6.07) is 4.72. The van der Waals surface area contributed by atoms with Gasteiger partial charge in [-0.25, -0.2) is 4.39 Å². The SMILES string of the molecule is Cc1ccc(CNC(=O)c2cn3c(c(O)c2=O)C(=O)N2[C@@H]4CC[C@H](O[C@@H]2C3)[C@H]2C[C@H]24)c(F)c1. The molecule has 4 heterocycles. The Morgan fingerprint density at radius 2 is 2.09 bits per heavy atom. The molecule has 2 bridgehead atoms. The summed E-state index contributed by atoms with van der Waals surface area (Å²) >= 11 is 0. The number of carbonyl (C=O) groups is 2. The lowest BCUT2D eigenvalue weighted by Crippen LogP contribution is -2.54. The molecule has 172 valence electrons. The molecule has 0 unspecified atom stereocenters. The number of ether oxygens (including phenoxy) is 1. The Morgan fingerprint density at radius 1 is 1.27 bits per heavy atom. The molecule has 2 aliphatic carbocycles. The van der Waals surface area contributed by atoms with Gasteiger partial charge in [0.05, 0.1) is 12.6 Å². The number of carbonyl (C=O) groups excluding carboxylic acids is 2. The van der Waals surface area contributed by atoms with Gasteiger partial charge >= 0.3 is 0 Å². The highest BCUT2D eigenvalue weighted by Gasteiger charge is 2.59. The van der Waals surface area contributed by atoms with E-state index in [1.807, 2.05) is 0 Å². The molecule has 7 rings (SSSR count). The van der Waals surface area contributed by atoms with Gasteiger partial charge in [0, 0.05) is 24.3 Å². The molecule has 5 atom stereocenters. The van der Waals surface area contributed by atoms with E-state index in [-0.39, 0.29) is 42.1 Å². The number of fused-ring (bicyclic) bond motifs is 2. The maximum Gasteiger partial charge on any atom is 0.276 e. The lowest BCUT2D eigenvalue weighted by Gasteiger charge is -2.40. The van der Waals surface area contributed by atoms with Crippen LogP contribution in [-0.2, 0) is 17.8 Å². The average molecular weight is 453 g/mol. The third-order valence-corrected chi connectivity index (χ3v) is 7.55. The topological polar surface area (TPSA) is 101 Å². The van der Waals surface area contributed by atoms with Crippen molar-refractivity contribution >= 4 is 11.8 Å². The number of aromatic hydroxyl groups is 1. The molecule has 9 heteroatoms. The second-order valence-corrected chi connectivity index (χ2v) is 9.55. The van der Waals surface area contributed by atoms with Gasteiger partial charge in [0.2, 0.25) is 5.43 Å². The summed E-state index contributed by atoms with van der Waals surface area (Å²) < 4.78 is 21.8. The molecule has 8 nitrogen and oxygen atoms in total. The van der Waals surface area contributed by atoms with Gasteiger partial charge in [0.1, 0.15) is 11.4 Å². The van der Waals surface area contributed by atoms with E-state index < -0.39 is 35.0 Å². The smallest absolute Gasteiger partial charge is 0.276 e. The minimum Gasteiger partial charge on any atom is -0.503 e. The number of nitrogens with one attached hydrogen (secondary N) is 1. The van der Waals surface area contributed by atoms with Crippen molar-refractivity contribution in [1.82, 2.24) is 14.8 Å². The van der Waals surface area contributed by atoms with Crippen molar-refractivity contribution < 1.29 is 23.8 Å². The monoisotopic (exact) mass is 453 g/mol. The zero-order valence-corrected chi connectivity index (χ0v) is 18.1. The van der Waals surface area contributed by atoms with Crippen LogP contribution in [0.4, 0.5) is 4.39 Å². The molecule has 2 saturated carbocycles. The number of benzene rings is 1. The van der Waals surface area contributed by atoms with E-state index >= 15 is 0 Å². The molecule has 5 aliphatic rings. The van der Waals surface area contributed by atoms with Crippen molar-refractivity contribution in [3.63, 3.8) is 0 Å². The molecule has 0 radical (unpaired) electrons. The zero-order chi connectivity index (χ0) is 23.0. The van der Waals surface area contributed by atoms with E-state index in [4.69, 9.17) is 4.74 Å². The summed E-state index contributed by atoms with van der Waals surface area (Å²) in [5.41, 5.74) is -0.291. The summed E-state index contributed by atoms with van der Waals surface area (Å²) in [4.78, 5) is 40.6. The fourth-order valence-corrected chi connectivity index (χ4v) is 5.81. The van der Waals surface area contributed by atoms with E-state index in [2.05, 4.69) is 5.32 Å². The fraction of sp³-hybridized carbons (Fsp3) is 0.458. The van der Waals surface area contributed by atoms with Gasteiger partial charge in [-0.1, -0.05) is 12.1 Å². The van der Waals surface area contributed by atoms with Crippen LogP contribution >= 0.6 is 0 Å². The van der Waals surface area contributed by atoms with Gasteiger partial charge in [-0.2, -0.15) is 0 Å². The minimum absolute atomic E-state index is 0.0573. The summed E-state index contributed by atoms with van der Waals surface area (Å²) in [5.74, 6) is -1.48. The lowest BCUT2D eigenvalue weighted by atomic mass is 9.92. The first-order valence-corrected chi connectivity index (χ1v) is 11.3. The Bertz CT molecular complexity index is 1260. The van der Waals surface area contributed by atoms with Crippen molar-refractivity contribution in [3.8, 4) is 5.75 Å². The maximum atomic E-state index is 14.1. The van der Waals surface area contributed by atoms with Crippen LogP contribution < -0.4 is 10.7 Å². The van der Waals surface area contributed by atoms with Crippen molar-refractivity contribution in [1.29, 1.82) is 0 Å². The standard InChI is InChI=1S/C24H24FN3O5/c1-11-2-3-12(16(25)6-11)8-26-23(31)15-9-27-10-19-28(24(32)20(27)22(30)21(15)29)17-4-5-18(33-19)14-7-13(14)17/h2-3,6,9,13-14,17-19,30H,4-5,7-8,10H2,1H3,(H,26,31)/t13-,14+,17-,18+,19-/m1/s1. The zero-order valence-electron chi connectivity index (χ0n) is 18.1. The molecule has 2 amide bonds. The van der Waals surface area contributed by atoms with E-state index in [1.165, 1.54) is 16.8 Å². The third kappa shape index (κ3) is 3.09. The van der Waals surface area contributed by atoms with Gasteiger partial charge in [0.25, 0.3) is 11.8 Å². The predicted molar refractivity (Wildman–Crippen MR) is 114 cm³/mol. The lowest BCUT2D eigenvalue weighted by molar-refractivity contribution is -0.0887. The second-order valence-electron chi connectivity index (χ2n) is 9.55. The van der Waals surface area contributed by atoms with E-state index in [0.717, 1.165) is 24.8 Å². The number of halogens is 1. The number of hydrogen-bond donors (Lipinski definition) is 2. The number of aromatic nitrogens is 1. The largest absolute Gasteiger partial charge is 0.503 e. The van der Waals surface area contributed by atoms with Crippen molar-refractivity contribution in [3.05, 3.63) is 62.8 Å². The molecule has 4 fully saturated rings. The van der Waals surface area contributed by atoms with Gasteiger partial charge in [-0.3, -0.25) is 14.4 Å². The Hall–Kier alpha value is -3.20. The molecule has 33 heavy (non-hydrogen) atoms. The molecule has 2 saturated heterocycles. The van der Waals surface area contributed by atoms with Gasteiger partial charge in [-0.15, -0.1) is 0 Å². The van der Waals surface area contributed by atoms with Crippen LogP contribution in [0.1, 0.15) is 51.2 Å². The predicted octanol–water partition coefficient (Wildman–Crippen LogP) is 1.91. The average Bonchev–Trinajstić information content (AvgIpc) is 3.59. The van der Waals surface area contributed by atoms with Crippen LogP contribution in [0.15, 0.2) is 29.2 Å². The minimum atomic E-state index is -0.917. The molecular weight excluding hydrogens is 429 g/mol. The molecule has 1 aromatic heterocycles. The quantitative estimate of drug-likeness (QED) is 0.740. The molecule has 0 spiro atoms. The van der Waals surface area contributed by atoms with Crippen LogP contribution in [0.5, 0.6) is 5.75 Å². The number of aryl methyl sites for hydroxylation is 1. The summed E-state index contributed by atoms with van der Waals surface area (Å²) in [6.45, 7) is 1.88. The maximum absolute atomic E-state index is 14.1.